The predicted molar refractivity (Wildman–Crippen MR) is 62.6 cm³/mol. The summed E-state index contributed by atoms with van der Waals surface area (Å²) in [4.78, 5) is 13.8. The van der Waals surface area contributed by atoms with Crippen molar-refractivity contribution in [1.82, 2.24) is 4.90 Å². The van der Waals surface area contributed by atoms with E-state index in [1.807, 2.05) is 27.7 Å². The number of carbonyl (C=O) groups is 1. The SMILES string of the molecule is CC=C(C)C(O)(CC)C(=O)N(CC)CC. The Kier molecular flexibility index (Phi) is 5.58. The molecule has 1 atom stereocenters. The average molecular weight is 213 g/mol. The van der Waals surface area contributed by atoms with Crippen molar-refractivity contribution in [1.29, 1.82) is 0 Å². The van der Waals surface area contributed by atoms with Crippen molar-refractivity contribution in [2.75, 3.05) is 13.1 Å². The Morgan fingerprint density at radius 2 is 1.80 bits per heavy atom. The van der Waals surface area contributed by atoms with Crippen LogP contribution in [-0.2, 0) is 4.79 Å². The second-order valence-corrected chi connectivity index (χ2v) is 3.66. The maximum atomic E-state index is 12.1. The Hall–Kier alpha value is -0.830. The van der Waals surface area contributed by atoms with Crippen molar-refractivity contribution in [2.24, 2.45) is 0 Å². The summed E-state index contributed by atoms with van der Waals surface area (Å²) in [6.45, 7) is 10.6. The molecule has 0 spiro atoms. The molecule has 0 aliphatic rings. The number of hydrogen-bond donors (Lipinski definition) is 1. The molecule has 0 aromatic heterocycles. The molecule has 0 saturated heterocycles. The van der Waals surface area contributed by atoms with Crippen LogP contribution in [0.4, 0.5) is 0 Å². The molecule has 1 unspecified atom stereocenters. The highest BCUT2D eigenvalue weighted by atomic mass is 16.3. The van der Waals surface area contributed by atoms with Gasteiger partial charge in [-0.2, -0.15) is 0 Å². The van der Waals surface area contributed by atoms with Crippen LogP contribution in [0, 0.1) is 0 Å². The molecule has 0 radical (unpaired) electrons. The molecule has 0 aromatic rings. The fraction of sp³-hybridized carbons (Fsp3) is 0.750. The van der Waals surface area contributed by atoms with Crippen molar-refractivity contribution >= 4 is 5.91 Å². The second-order valence-electron chi connectivity index (χ2n) is 3.66. The lowest BCUT2D eigenvalue weighted by atomic mass is 9.90. The van der Waals surface area contributed by atoms with Crippen LogP contribution in [0.3, 0.4) is 0 Å². The third kappa shape index (κ3) is 2.81. The quantitative estimate of drug-likeness (QED) is 0.709. The van der Waals surface area contributed by atoms with E-state index in [0.29, 0.717) is 19.5 Å². The lowest BCUT2D eigenvalue weighted by molar-refractivity contribution is -0.147. The summed E-state index contributed by atoms with van der Waals surface area (Å²) in [5.41, 5.74) is -0.595. The van der Waals surface area contributed by atoms with E-state index < -0.39 is 5.60 Å². The van der Waals surface area contributed by atoms with Crippen LogP contribution >= 0.6 is 0 Å². The fourth-order valence-electron chi connectivity index (χ4n) is 1.61. The average Bonchev–Trinajstić information content (AvgIpc) is 2.28. The van der Waals surface area contributed by atoms with Gasteiger partial charge in [0.05, 0.1) is 0 Å². The van der Waals surface area contributed by atoms with E-state index >= 15 is 0 Å². The molecule has 88 valence electrons. The summed E-state index contributed by atoms with van der Waals surface area (Å²) in [5, 5.41) is 10.3. The maximum Gasteiger partial charge on any atom is 0.258 e. The van der Waals surface area contributed by atoms with E-state index in [1.165, 1.54) is 0 Å². The number of aliphatic hydroxyl groups is 1. The van der Waals surface area contributed by atoms with Crippen LogP contribution in [0.15, 0.2) is 11.6 Å². The molecule has 0 aliphatic carbocycles. The number of nitrogens with zero attached hydrogens (tertiary/aromatic N) is 1. The van der Waals surface area contributed by atoms with E-state index in [9.17, 15) is 9.90 Å². The first-order valence-electron chi connectivity index (χ1n) is 5.62. The summed E-state index contributed by atoms with van der Waals surface area (Å²) in [6, 6.07) is 0. The van der Waals surface area contributed by atoms with Gasteiger partial charge in [0.2, 0.25) is 0 Å². The maximum absolute atomic E-state index is 12.1. The third-order valence-corrected chi connectivity index (χ3v) is 3.00. The highest BCUT2D eigenvalue weighted by molar-refractivity contribution is 5.88. The summed E-state index contributed by atoms with van der Waals surface area (Å²) < 4.78 is 0. The van der Waals surface area contributed by atoms with E-state index in [1.54, 1.807) is 17.9 Å². The van der Waals surface area contributed by atoms with Gasteiger partial charge in [0, 0.05) is 13.1 Å². The van der Waals surface area contributed by atoms with Gasteiger partial charge in [-0.05, 0) is 39.7 Å². The smallest absolute Gasteiger partial charge is 0.258 e. The largest absolute Gasteiger partial charge is 0.376 e. The number of carbonyl (C=O) groups excluding carboxylic acids is 1. The van der Waals surface area contributed by atoms with Gasteiger partial charge in [0.15, 0.2) is 5.60 Å². The molecule has 1 N–H and O–H groups in total. The van der Waals surface area contributed by atoms with Crippen molar-refractivity contribution in [3.8, 4) is 0 Å². The normalized spacial score (nSPS) is 16.0. The van der Waals surface area contributed by atoms with Crippen LogP contribution < -0.4 is 0 Å². The van der Waals surface area contributed by atoms with Crippen molar-refractivity contribution in [3.63, 3.8) is 0 Å². The van der Waals surface area contributed by atoms with Gasteiger partial charge in [-0.1, -0.05) is 13.0 Å². The standard InChI is InChI=1S/C12H23NO2/c1-6-10(5)12(15,7-2)11(14)13(8-3)9-4/h6,15H,7-9H2,1-5H3. The number of amides is 1. The molecule has 1 amide bonds. The minimum Gasteiger partial charge on any atom is -0.376 e. The number of hydrogen-bond acceptors (Lipinski definition) is 2. The van der Waals surface area contributed by atoms with Crippen LogP contribution in [0.5, 0.6) is 0 Å². The van der Waals surface area contributed by atoms with Crippen molar-refractivity contribution < 1.29 is 9.90 Å². The lowest BCUT2D eigenvalue weighted by Crippen LogP contribution is -2.49. The van der Waals surface area contributed by atoms with Gasteiger partial charge in [-0.25, -0.2) is 0 Å². The summed E-state index contributed by atoms with van der Waals surface area (Å²) in [6.07, 6.45) is 2.21. The van der Waals surface area contributed by atoms with E-state index in [0.717, 1.165) is 5.57 Å². The third-order valence-electron chi connectivity index (χ3n) is 3.00. The van der Waals surface area contributed by atoms with Gasteiger partial charge in [-0.3, -0.25) is 4.79 Å². The molecule has 0 heterocycles. The monoisotopic (exact) mass is 213 g/mol. The Morgan fingerprint density at radius 1 is 1.33 bits per heavy atom. The molecular formula is C12H23NO2. The van der Waals surface area contributed by atoms with Gasteiger partial charge in [0.25, 0.3) is 5.91 Å². The summed E-state index contributed by atoms with van der Waals surface area (Å²) in [7, 11) is 0. The Labute approximate surface area is 92.8 Å². The van der Waals surface area contributed by atoms with E-state index in [-0.39, 0.29) is 5.91 Å². The molecule has 0 rings (SSSR count). The Morgan fingerprint density at radius 3 is 2.07 bits per heavy atom. The van der Waals surface area contributed by atoms with Gasteiger partial charge in [-0.15, -0.1) is 0 Å². The summed E-state index contributed by atoms with van der Waals surface area (Å²) in [5.74, 6) is -0.189. The van der Waals surface area contributed by atoms with Crippen molar-refractivity contribution in [3.05, 3.63) is 11.6 Å². The van der Waals surface area contributed by atoms with Crippen LogP contribution in [0.25, 0.3) is 0 Å². The second kappa shape index (κ2) is 5.91. The number of allylic oxidation sites excluding steroid dienone is 1. The molecule has 15 heavy (non-hydrogen) atoms. The summed E-state index contributed by atoms with van der Waals surface area (Å²) >= 11 is 0. The van der Waals surface area contributed by atoms with E-state index in [4.69, 9.17) is 0 Å². The molecule has 0 fully saturated rings. The number of rotatable bonds is 5. The number of likely N-dealkylation sites (N-methyl/N-ethyl adjacent to an activating group) is 1. The highest BCUT2D eigenvalue weighted by Crippen LogP contribution is 2.23. The van der Waals surface area contributed by atoms with Crippen LogP contribution in [0.2, 0.25) is 0 Å². The zero-order valence-corrected chi connectivity index (χ0v) is 10.5. The zero-order valence-electron chi connectivity index (χ0n) is 10.5. The van der Waals surface area contributed by atoms with Crippen LogP contribution in [0.1, 0.15) is 41.0 Å². The topological polar surface area (TPSA) is 40.5 Å². The van der Waals surface area contributed by atoms with Gasteiger partial charge < -0.3 is 10.0 Å². The van der Waals surface area contributed by atoms with Gasteiger partial charge >= 0.3 is 0 Å². The first-order chi connectivity index (χ1) is 6.97. The minimum atomic E-state index is -1.32. The van der Waals surface area contributed by atoms with Crippen molar-refractivity contribution in [2.45, 2.75) is 46.6 Å². The molecule has 0 bridgehead atoms. The first kappa shape index (κ1) is 14.2. The van der Waals surface area contributed by atoms with Gasteiger partial charge in [0.1, 0.15) is 0 Å². The molecule has 3 nitrogen and oxygen atoms in total. The minimum absolute atomic E-state index is 0.189. The first-order valence-corrected chi connectivity index (χ1v) is 5.62. The Balaban J connectivity index is 5.04. The molecule has 0 saturated carbocycles. The molecule has 0 aliphatic heterocycles. The zero-order chi connectivity index (χ0) is 12.1. The molecule has 0 aromatic carbocycles. The lowest BCUT2D eigenvalue weighted by Gasteiger charge is -2.32. The fourth-order valence-corrected chi connectivity index (χ4v) is 1.61. The molecule has 3 heteroatoms. The van der Waals surface area contributed by atoms with Crippen LogP contribution in [-0.4, -0.2) is 34.6 Å². The highest BCUT2D eigenvalue weighted by Gasteiger charge is 2.37. The Bertz CT molecular complexity index is 244. The molecular weight excluding hydrogens is 190 g/mol. The van der Waals surface area contributed by atoms with E-state index in [2.05, 4.69) is 0 Å². The predicted octanol–water partition coefficient (Wildman–Crippen LogP) is 1.96.